The molecule has 6 nitrogen and oxygen atoms in total. The minimum absolute atomic E-state index is 0.0355. The number of rotatable bonds is 58. The van der Waals surface area contributed by atoms with Crippen LogP contribution in [0.4, 0.5) is 0 Å². The summed E-state index contributed by atoms with van der Waals surface area (Å²) in [6.45, 7) is 12.2. The molecule has 0 fully saturated rings. The molecule has 70 heavy (non-hydrogen) atoms. The second-order valence-corrected chi connectivity index (χ2v) is 44.5. The Labute approximate surface area is 451 Å². The fraction of sp³-hybridized carbons (Fsp3) is 0.950. The van der Waals surface area contributed by atoms with Crippen LogP contribution in [0.5, 0.6) is 0 Å². The van der Waals surface area contributed by atoms with Gasteiger partial charge in [0.25, 0.3) is 0 Å². The Kier molecular flexibility index (Phi) is 58.7. The van der Waals surface area contributed by atoms with Gasteiger partial charge in [-0.15, -0.1) is 0 Å². The van der Waals surface area contributed by atoms with E-state index in [1.54, 1.807) is 26.8 Å². The van der Waals surface area contributed by atoms with Gasteiger partial charge in [0.2, 0.25) is 0 Å². The first-order chi connectivity index (χ1) is 34.4. The Bertz CT molecular complexity index is 1050. The molecule has 10 heteroatoms. The number of carbonyl (C=O) groups is 3. The molecule has 0 amide bonds. The average molecular weight is 1150 g/mol. The molecular formula is C60H117O6S3Sn. The zero-order chi connectivity index (χ0) is 51.1. The summed E-state index contributed by atoms with van der Waals surface area (Å²) in [7, 11) is 5.18. The van der Waals surface area contributed by atoms with E-state index in [1.165, 1.54) is 225 Å². The predicted octanol–water partition coefficient (Wildman–Crippen LogP) is 20.6. The van der Waals surface area contributed by atoms with Crippen LogP contribution in [0.15, 0.2) is 0 Å². The average Bonchev–Trinajstić information content (AvgIpc) is 3.35. The molecule has 0 rings (SSSR count). The van der Waals surface area contributed by atoms with Crippen LogP contribution in [0.25, 0.3) is 0 Å². The molecule has 0 aliphatic rings. The van der Waals surface area contributed by atoms with Gasteiger partial charge < -0.3 is 0 Å². The molecule has 0 saturated heterocycles. The maximum absolute atomic E-state index is 14.2. The molecular weight excluding hydrogens is 1030 g/mol. The zero-order valence-electron chi connectivity index (χ0n) is 47.2. The molecule has 1 radical (unpaired) electrons. The molecule has 0 spiro atoms. The van der Waals surface area contributed by atoms with E-state index >= 15 is 0 Å². The summed E-state index contributed by atoms with van der Waals surface area (Å²) in [5, 5.41) is -0.254. The molecule has 0 N–H and O–H groups in total. The van der Waals surface area contributed by atoms with Crippen molar-refractivity contribution in [3.05, 3.63) is 0 Å². The number of carbonyl (C=O) groups excluding carboxylic acids is 3. The van der Waals surface area contributed by atoms with Gasteiger partial charge in [-0.2, -0.15) is 0 Å². The van der Waals surface area contributed by atoms with Crippen molar-refractivity contribution in [3.8, 4) is 0 Å². The molecule has 2 atom stereocenters. The van der Waals surface area contributed by atoms with Gasteiger partial charge in [-0.1, -0.05) is 111 Å². The Morgan fingerprint density at radius 1 is 0.343 bits per heavy atom. The summed E-state index contributed by atoms with van der Waals surface area (Å²) in [5.74, 6) is 0.184. The van der Waals surface area contributed by atoms with Gasteiger partial charge in [0.05, 0.1) is 0 Å². The Balaban J connectivity index is 5.38. The number of ether oxygens (including phenoxy) is 3. The van der Waals surface area contributed by atoms with Crippen molar-refractivity contribution in [1.82, 2.24) is 0 Å². The van der Waals surface area contributed by atoms with Gasteiger partial charge in [-0.3, -0.25) is 0 Å². The summed E-state index contributed by atoms with van der Waals surface area (Å²) >= 11 is -2.68. The van der Waals surface area contributed by atoms with Crippen molar-refractivity contribution >= 4 is 60.4 Å². The zero-order valence-corrected chi connectivity index (χ0v) is 52.5. The van der Waals surface area contributed by atoms with Gasteiger partial charge >= 0.3 is 344 Å². The number of esters is 3. The van der Waals surface area contributed by atoms with Gasteiger partial charge in [0.1, 0.15) is 0 Å². The Hall–Kier alpha value is 0.259. The topological polar surface area (TPSA) is 78.9 Å². The number of hydrogen-bond donors (Lipinski definition) is 0. The van der Waals surface area contributed by atoms with Gasteiger partial charge in [-0.25, -0.2) is 0 Å². The predicted molar refractivity (Wildman–Crippen MR) is 315 cm³/mol. The summed E-state index contributed by atoms with van der Waals surface area (Å²) < 4.78 is 17.9. The van der Waals surface area contributed by atoms with Crippen molar-refractivity contribution in [2.24, 2.45) is 0 Å². The second kappa shape index (κ2) is 58.5. The van der Waals surface area contributed by atoms with Crippen molar-refractivity contribution in [2.45, 2.75) is 341 Å². The van der Waals surface area contributed by atoms with Crippen LogP contribution in [0.1, 0.15) is 330 Å². The molecule has 0 aliphatic carbocycles. The molecule has 0 aromatic heterocycles. The van der Waals surface area contributed by atoms with E-state index in [-0.39, 0.29) is 40.8 Å². The first-order valence-corrected chi connectivity index (χ1v) is 44.1. The third-order valence-corrected chi connectivity index (χ3v) is 39.8. The SMILES string of the molecule is CCCCCCCCCCCCCCOC(=O)C[S][Sn]([S]CC(=O)OCCCCCCCCCCCCCC)[S]C(CCCCCCCCCCCCCC)C(=O)OC(CCC)CCCCCCCC. The Morgan fingerprint density at radius 3 is 0.943 bits per heavy atom. The van der Waals surface area contributed by atoms with Crippen LogP contribution in [-0.4, -0.2) is 69.6 Å². The van der Waals surface area contributed by atoms with E-state index in [9.17, 15) is 14.4 Å². The normalized spacial score (nSPS) is 12.4. The first-order valence-electron chi connectivity index (χ1n) is 30.7. The van der Waals surface area contributed by atoms with Gasteiger partial charge in [-0.05, 0) is 0 Å². The van der Waals surface area contributed by atoms with Gasteiger partial charge in [0.15, 0.2) is 0 Å². The van der Waals surface area contributed by atoms with Crippen LogP contribution in [0.3, 0.4) is 0 Å². The van der Waals surface area contributed by atoms with E-state index in [1.807, 2.05) is 0 Å². The standard InChI is InChI=1S/C28H56O2S.2C16H32O2S.Sn/c1-4-7-9-11-13-14-15-16-17-18-20-22-25-27(31)28(29)30-26(23-6-3)24-21-19-12-10-8-5-2;2*1-2-3-4-5-6-7-8-9-10-11-12-13-14-18-16(17)15-19;/h26-27,31H,4-25H2,1-3H3;2*19H,2-15H2,1H3;/q;;;+3/p-3. The van der Waals surface area contributed by atoms with Crippen LogP contribution < -0.4 is 0 Å². The molecule has 0 bridgehead atoms. The summed E-state index contributed by atoms with van der Waals surface area (Å²) in [6, 6.07) is 0. The van der Waals surface area contributed by atoms with Crippen LogP contribution >= 0.6 is 26.8 Å². The quantitative estimate of drug-likeness (QED) is 0.0256. The van der Waals surface area contributed by atoms with Crippen molar-refractivity contribution < 1.29 is 28.6 Å². The summed E-state index contributed by atoms with van der Waals surface area (Å²) in [5.41, 5.74) is 0. The fourth-order valence-corrected chi connectivity index (χ4v) is 34.3. The molecule has 2 unspecified atom stereocenters. The third kappa shape index (κ3) is 51.7. The van der Waals surface area contributed by atoms with E-state index in [4.69, 9.17) is 14.2 Å². The van der Waals surface area contributed by atoms with Crippen molar-refractivity contribution in [1.29, 1.82) is 0 Å². The van der Waals surface area contributed by atoms with Crippen LogP contribution in [0.2, 0.25) is 0 Å². The maximum atomic E-state index is 14.2. The monoisotopic (exact) mass is 1150 g/mol. The minimum Gasteiger partial charge on any atom is -0.0654 e. The molecule has 0 aliphatic heterocycles. The van der Waals surface area contributed by atoms with Crippen molar-refractivity contribution in [3.63, 3.8) is 0 Å². The van der Waals surface area contributed by atoms with E-state index < -0.39 is 15.6 Å². The van der Waals surface area contributed by atoms with E-state index in [0.29, 0.717) is 13.2 Å². The number of hydrogen-bond acceptors (Lipinski definition) is 9. The first kappa shape index (κ1) is 70.3. The van der Waals surface area contributed by atoms with Crippen molar-refractivity contribution in [2.75, 3.05) is 24.7 Å². The van der Waals surface area contributed by atoms with E-state index in [2.05, 4.69) is 34.6 Å². The third-order valence-electron chi connectivity index (χ3n) is 13.7. The molecule has 0 heterocycles. The smallest absolute Gasteiger partial charge is 0.0654 e. The summed E-state index contributed by atoms with van der Waals surface area (Å²) in [6.07, 6.45) is 57.1. The molecule has 0 aromatic carbocycles. The van der Waals surface area contributed by atoms with E-state index in [0.717, 1.165) is 70.6 Å². The number of unbranched alkanes of at least 4 members (excludes halogenated alkanes) is 38. The second-order valence-electron chi connectivity index (χ2n) is 20.7. The summed E-state index contributed by atoms with van der Waals surface area (Å²) in [4.78, 5) is 40.5. The Morgan fingerprint density at radius 2 is 0.629 bits per heavy atom. The fourth-order valence-electron chi connectivity index (χ4n) is 9.18. The minimum atomic E-state index is -2.68. The molecule has 0 saturated carbocycles. The molecule has 415 valence electrons. The van der Waals surface area contributed by atoms with Gasteiger partial charge in [0, 0.05) is 0 Å². The molecule has 0 aromatic rings. The van der Waals surface area contributed by atoms with Crippen LogP contribution in [-0.2, 0) is 28.6 Å². The van der Waals surface area contributed by atoms with Crippen LogP contribution in [0, 0.1) is 0 Å².